The van der Waals surface area contributed by atoms with E-state index in [0.717, 1.165) is 12.8 Å². The molecule has 0 aliphatic rings. The molecule has 2 atom stereocenters. The Hall–Kier alpha value is -0.910. The summed E-state index contributed by atoms with van der Waals surface area (Å²) in [6.45, 7) is 2.49. The van der Waals surface area contributed by atoms with Gasteiger partial charge in [0, 0.05) is 20.6 Å². The molecule has 0 bridgehead atoms. The van der Waals surface area contributed by atoms with Crippen LogP contribution in [0.5, 0.6) is 0 Å². The van der Waals surface area contributed by atoms with Crippen molar-refractivity contribution in [3.8, 4) is 0 Å². The minimum Gasteiger partial charge on any atom is -0.394 e. The van der Waals surface area contributed by atoms with Gasteiger partial charge in [0.2, 0.25) is 5.91 Å². The second-order valence-electron chi connectivity index (χ2n) is 8.33. The van der Waals surface area contributed by atoms with E-state index in [2.05, 4.69) is 24.4 Å². The molecule has 0 fully saturated rings. The standard InChI is InChI=1S/C25H49NO4/c1-4-5-6-7-8-9-10-11-12-13-15-18-24(30-3)19-16-14-17-20-25(28)26-23(21-27)22-29-2/h14,16,23-24,27H,4-13,15,17-22H2,1-3H3,(H,26,28). The van der Waals surface area contributed by atoms with Crippen molar-refractivity contribution in [3.63, 3.8) is 0 Å². The van der Waals surface area contributed by atoms with E-state index in [1.807, 2.05) is 0 Å². The zero-order valence-corrected chi connectivity index (χ0v) is 20.0. The molecule has 1 amide bonds. The van der Waals surface area contributed by atoms with Crippen molar-refractivity contribution < 1.29 is 19.4 Å². The minimum atomic E-state index is -0.324. The smallest absolute Gasteiger partial charge is 0.220 e. The van der Waals surface area contributed by atoms with Crippen molar-refractivity contribution >= 4 is 5.91 Å². The fraction of sp³-hybridized carbons (Fsp3) is 0.880. The number of rotatable bonds is 22. The van der Waals surface area contributed by atoms with Gasteiger partial charge in [-0.3, -0.25) is 4.79 Å². The average Bonchev–Trinajstić information content (AvgIpc) is 2.75. The summed E-state index contributed by atoms with van der Waals surface area (Å²) in [5.74, 6) is -0.0556. The minimum absolute atomic E-state index is 0.0556. The third-order valence-corrected chi connectivity index (χ3v) is 5.52. The Morgan fingerprint density at radius 1 is 0.933 bits per heavy atom. The lowest BCUT2D eigenvalue weighted by Crippen LogP contribution is -2.40. The maximum absolute atomic E-state index is 11.8. The summed E-state index contributed by atoms with van der Waals surface area (Å²) in [6.07, 6.45) is 22.6. The molecule has 2 unspecified atom stereocenters. The number of carbonyl (C=O) groups excluding carboxylic acids is 1. The lowest BCUT2D eigenvalue weighted by molar-refractivity contribution is -0.122. The third kappa shape index (κ3) is 19.1. The molecule has 30 heavy (non-hydrogen) atoms. The highest BCUT2D eigenvalue weighted by molar-refractivity contribution is 5.76. The second kappa shape index (κ2) is 22.8. The molecule has 0 spiro atoms. The number of ether oxygens (including phenoxy) is 2. The molecule has 0 rings (SSSR count). The van der Waals surface area contributed by atoms with Crippen molar-refractivity contribution in [3.05, 3.63) is 12.2 Å². The largest absolute Gasteiger partial charge is 0.394 e. The third-order valence-electron chi connectivity index (χ3n) is 5.52. The number of unbranched alkanes of at least 4 members (excludes halogenated alkanes) is 10. The zero-order valence-electron chi connectivity index (χ0n) is 20.0. The average molecular weight is 428 g/mol. The number of methoxy groups -OCH3 is 2. The molecule has 178 valence electrons. The number of hydrogen-bond donors (Lipinski definition) is 2. The highest BCUT2D eigenvalue weighted by atomic mass is 16.5. The van der Waals surface area contributed by atoms with Crippen LogP contribution in [0.4, 0.5) is 0 Å². The molecule has 0 aromatic heterocycles. The predicted octanol–water partition coefficient (Wildman–Crippen LogP) is 5.55. The van der Waals surface area contributed by atoms with Crippen LogP contribution in [-0.2, 0) is 14.3 Å². The molecule has 0 aromatic carbocycles. The number of hydrogen-bond acceptors (Lipinski definition) is 4. The van der Waals surface area contributed by atoms with Crippen LogP contribution in [0.15, 0.2) is 12.2 Å². The van der Waals surface area contributed by atoms with Gasteiger partial charge in [-0.25, -0.2) is 0 Å². The van der Waals surface area contributed by atoms with Gasteiger partial charge in [-0.05, 0) is 19.3 Å². The highest BCUT2D eigenvalue weighted by Gasteiger charge is 2.10. The van der Waals surface area contributed by atoms with E-state index in [9.17, 15) is 4.79 Å². The predicted molar refractivity (Wildman–Crippen MR) is 126 cm³/mol. The van der Waals surface area contributed by atoms with Crippen molar-refractivity contribution in [1.82, 2.24) is 5.32 Å². The monoisotopic (exact) mass is 427 g/mol. The summed E-state index contributed by atoms with van der Waals surface area (Å²) < 4.78 is 10.5. The van der Waals surface area contributed by atoms with Crippen LogP contribution in [-0.4, -0.2) is 50.6 Å². The number of allylic oxidation sites excluding steroid dienone is 1. The van der Waals surface area contributed by atoms with Crippen LogP contribution in [0, 0.1) is 0 Å². The molecule has 0 heterocycles. The van der Waals surface area contributed by atoms with Gasteiger partial charge >= 0.3 is 0 Å². The number of aliphatic hydroxyl groups is 1. The zero-order chi connectivity index (χ0) is 22.3. The van der Waals surface area contributed by atoms with E-state index in [1.54, 1.807) is 14.2 Å². The van der Waals surface area contributed by atoms with E-state index in [1.165, 1.54) is 70.6 Å². The van der Waals surface area contributed by atoms with Crippen LogP contribution in [0.25, 0.3) is 0 Å². The first-order valence-electron chi connectivity index (χ1n) is 12.2. The topological polar surface area (TPSA) is 67.8 Å². The van der Waals surface area contributed by atoms with Crippen molar-refractivity contribution in [1.29, 1.82) is 0 Å². The Kier molecular flexibility index (Phi) is 22.1. The SMILES string of the molecule is CCCCCCCCCCCCCC(CC=CCCC(=O)NC(CO)COC)OC. The van der Waals surface area contributed by atoms with Crippen LogP contribution < -0.4 is 5.32 Å². The first kappa shape index (κ1) is 29.1. The van der Waals surface area contributed by atoms with E-state index < -0.39 is 0 Å². The molecule has 0 radical (unpaired) electrons. The Morgan fingerprint density at radius 2 is 1.53 bits per heavy atom. The summed E-state index contributed by atoms with van der Waals surface area (Å²) in [5, 5.41) is 11.9. The van der Waals surface area contributed by atoms with E-state index >= 15 is 0 Å². The summed E-state index contributed by atoms with van der Waals surface area (Å²) in [7, 11) is 3.34. The quantitative estimate of drug-likeness (QED) is 0.175. The molecule has 0 saturated heterocycles. The summed E-state index contributed by atoms with van der Waals surface area (Å²) >= 11 is 0. The summed E-state index contributed by atoms with van der Waals surface area (Å²) in [5.41, 5.74) is 0. The number of amides is 1. The van der Waals surface area contributed by atoms with Crippen LogP contribution in [0.1, 0.15) is 103 Å². The first-order chi connectivity index (χ1) is 14.7. The Balaban J connectivity index is 3.63. The van der Waals surface area contributed by atoms with Gasteiger partial charge in [0.1, 0.15) is 0 Å². The van der Waals surface area contributed by atoms with Crippen molar-refractivity contribution in [2.45, 2.75) is 115 Å². The van der Waals surface area contributed by atoms with Crippen LogP contribution in [0.2, 0.25) is 0 Å². The second-order valence-corrected chi connectivity index (χ2v) is 8.33. The van der Waals surface area contributed by atoms with E-state index in [4.69, 9.17) is 14.6 Å². The summed E-state index contributed by atoms with van der Waals surface area (Å²) in [6, 6.07) is -0.324. The molecule has 0 aromatic rings. The maximum atomic E-state index is 11.8. The van der Waals surface area contributed by atoms with Gasteiger partial charge in [0.25, 0.3) is 0 Å². The van der Waals surface area contributed by atoms with Gasteiger partial charge in [-0.15, -0.1) is 0 Å². The molecule has 5 nitrogen and oxygen atoms in total. The Morgan fingerprint density at radius 3 is 2.07 bits per heavy atom. The Bertz CT molecular complexity index is 401. The van der Waals surface area contributed by atoms with Crippen molar-refractivity contribution in [2.75, 3.05) is 27.4 Å². The molecular weight excluding hydrogens is 378 g/mol. The number of carbonyl (C=O) groups is 1. The lowest BCUT2D eigenvalue weighted by Gasteiger charge is -2.14. The highest BCUT2D eigenvalue weighted by Crippen LogP contribution is 2.14. The van der Waals surface area contributed by atoms with Gasteiger partial charge in [-0.2, -0.15) is 0 Å². The van der Waals surface area contributed by atoms with E-state index in [0.29, 0.717) is 19.4 Å². The fourth-order valence-corrected chi connectivity index (χ4v) is 3.59. The van der Waals surface area contributed by atoms with E-state index in [-0.39, 0.29) is 24.7 Å². The Labute approximate surface area is 186 Å². The fourth-order valence-electron chi connectivity index (χ4n) is 3.59. The normalized spacial score (nSPS) is 13.6. The molecule has 2 N–H and O–H groups in total. The van der Waals surface area contributed by atoms with Crippen LogP contribution >= 0.6 is 0 Å². The summed E-state index contributed by atoms with van der Waals surface area (Å²) in [4.78, 5) is 11.8. The molecule has 0 aliphatic carbocycles. The molecule has 0 saturated carbocycles. The van der Waals surface area contributed by atoms with Crippen LogP contribution in [0.3, 0.4) is 0 Å². The molecule has 0 aliphatic heterocycles. The van der Waals surface area contributed by atoms with Gasteiger partial charge in [-0.1, -0.05) is 89.7 Å². The van der Waals surface area contributed by atoms with Gasteiger partial charge < -0.3 is 19.9 Å². The lowest BCUT2D eigenvalue weighted by atomic mass is 10.0. The van der Waals surface area contributed by atoms with Gasteiger partial charge in [0.15, 0.2) is 0 Å². The number of nitrogens with one attached hydrogen (secondary N) is 1. The van der Waals surface area contributed by atoms with Gasteiger partial charge in [0.05, 0.1) is 25.4 Å². The molecular formula is C25H49NO4. The van der Waals surface area contributed by atoms with Crippen molar-refractivity contribution in [2.24, 2.45) is 0 Å². The number of aliphatic hydroxyl groups excluding tert-OH is 1. The maximum Gasteiger partial charge on any atom is 0.220 e. The first-order valence-corrected chi connectivity index (χ1v) is 12.2. The molecule has 5 heteroatoms.